The van der Waals surface area contributed by atoms with Gasteiger partial charge < -0.3 is 14.2 Å². The van der Waals surface area contributed by atoms with Crippen LogP contribution < -0.4 is 9.74 Å². The maximum absolute atomic E-state index is 11.8. The Hall–Kier alpha value is -0.636. The van der Waals surface area contributed by atoms with Gasteiger partial charge in [0.1, 0.15) is 5.75 Å². The smallest absolute Gasteiger partial charge is 0.250 e. The largest absolute Gasteiger partial charge is 0.543 e. The van der Waals surface area contributed by atoms with Crippen LogP contribution in [-0.2, 0) is 15.6 Å². The first-order valence-electron chi connectivity index (χ1n) is 17.1. The van der Waals surface area contributed by atoms with Crippen LogP contribution in [0.2, 0.25) is 36.3 Å². The van der Waals surface area contributed by atoms with Crippen molar-refractivity contribution in [1.29, 1.82) is 0 Å². The quantitative estimate of drug-likeness (QED) is 0.151. The van der Waals surface area contributed by atoms with Crippen LogP contribution in [0.4, 0.5) is 0 Å². The molecule has 244 valence electrons. The predicted molar refractivity (Wildman–Crippen MR) is 190 cm³/mol. The number of aryl methyl sites for hydroxylation is 1. The van der Waals surface area contributed by atoms with Gasteiger partial charge in [-0.15, -0.1) is 0 Å². The van der Waals surface area contributed by atoms with E-state index in [1.165, 1.54) is 37.7 Å². The van der Waals surface area contributed by atoms with Crippen molar-refractivity contribution < 1.29 is 13.6 Å². The van der Waals surface area contributed by atoms with Crippen molar-refractivity contribution in [1.82, 2.24) is 5.32 Å². The highest BCUT2D eigenvalue weighted by atomic mass is 79.9. The second-order valence-electron chi connectivity index (χ2n) is 17.5. The molecule has 0 saturated heterocycles. The number of carbonyl (C=O) groups is 1. The second-order valence-corrected chi connectivity index (χ2v) is 27.5. The van der Waals surface area contributed by atoms with Crippen LogP contribution in [0.5, 0.6) is 5.75 Å². The third-order valence-corrected chi connectivity index (χ3v) is 22.0. The van der Waals surface area contributed by atoms with Crippen LogP contribution in [0.15, 0.2) is 18.2 Å². The average molecular weight is 693 g/mol. The Labute approximate surface area is 274 Å². The average Bonchev–Trinajstić information content (AvgIpc) is 3.21. The molecular formula is C36H62BrNO3Si2. The molecule has 0 radical (unpaired) electrons. The Morgan fingerprint density at radius 2 is 1.67 bits per heavy atom. The summed E-state index contributed by atoms with van der Waals surface area (Å²) in [7, 11) is -3.75. The molecule has 7 heteroatoms. The molecule has 4 rings (SSSR count). The molecule has 2 saturated carbocycles. The molecule has 1 aromatic rings. The van der Waals surface area contributed by atoms with Crippen molar-refractivity contribution in [3.63, 3.8) is 0 Å². The summed E-state index contributed by atoms with van der Waals surface area (Å²) in [5.41, 5.74) is 3.38. The van der Waals surface area contributed by atoms with Crippen LogP contribution in [0.25, 0.3) is 0 Å². The van der Waals surface area contributed by atoms with E-state index in [0.717, 1.165) is 43.4 Å². The van der Waals surface area contributed by atoms with E-state index in [-0.39, 0.29) is 21.4 Å². The highest BCUT2D eigenvalue weighted by molar-refractivity contribution is 9.09. The summed E-state index contributed by atoms with van der Waals surface area (Å²) in [6, 6.07) is 7.16. The van der Waals surface area contributed by atoms with Gasteiger partial charge in [0.2, 0.25) is 14.2 Å². The first kappa shape index (κ1) is 35.2. The minimum atomic E-state index is -1.89. The number of alkyl halides is 1. The van der Waals surface area contributed by atoms with Gasteiger partial charge >= 0.3 is 0 Å². The zero-order chi connectivity index (χ0) is 32.0. The number of nitrogens with one attached hydrogen (secondary N) is 1. The fourth-order valence-corrected chi connectivity index (χ4v) is 10.8. The molecule has 4 nitrogen and oxygen atoms in total. The molecule has 43 heavy (non-hydrogen) atoms. The summed E-state index contributed by atoms with van der Waals surface area (Å²) in [5, 5.41) is 3.85. The van der Waals surface area contributed by atoms with Crippen LogP contribution in [-0.4, -0.2) is 40.5 Å². The van der Waals surface area contributed by atoms with E-state index >= 15 is 0 Å². The molecule has 0 unspecified atom stereocenters. The molecule has 0 bridgehead atoms. The lowest BCUT2D eigenvalue weighted by Crippen LogP contribution is -2.52. The number of carbonyl (C=O) groups excluding carboxylic acids is 1. The first-order chi connectivity index (χ1) is 19.8. The highest BCUT2D eigenvalue weighted by Crippen LogP contribution is 2.65. The van der Waals surface area contributed by atoms with Crippen LogP contribution in [0.3, 0.4) is 0 Å². The van der Waals surface area contributed by atoms with Gasteiger partial charge in [-0.05, 0) is 134 Å². The minimum absolute atomic E-state index is 0.0848. The molecule has 6 atom stereocenters. The van der Waals surface area contributed by atoms with Gasteiger partial charge in [0, 0.05) is 6.54 Å². The number of unbranched alkanes of at least 4 members (excludes halogenated alkanes) is 1. The Morgan fingerprint density at radius 3 is 2.30 bits per heavy atom. The first-order valence-corrected chi connectivity index (χ1v) is 24.1. The van der Waals surface area contributed by atoms with Gasteiger partial charge in [0.15, 0.2) is 8.32 Å². The summed E-state index contributed by atoms with van der Waals surface area (Å²) < 4.78 is 14.1. The molecule has 1 amide bonds. The number of benzene rings is 1. The van der Waals surface area contributed by atoms with Crippen LogP contribution in [0, 0.1) is 23.2 Å². The third kappa shape index (κ3) is 7.35. The van der Waals surface area contributed by atoms with Gasteiger partial charge in [-0.2, -0.15) is 0 Å². The maximum Gasteiger partial charge on any atom is 0.250 e. The van der Waals surface area contributed by atoms with Gasteiger partial charge in [-0.3, -0.25) is 4.79 Å². The number of rotatable bonds is 10. The summed E-state index contributed by atoms with van der Waals surface area (Å²) in [5.74, 6) is 3.89. The molecular weight excluding hydrogens is 630 g/mol. The van der Waals surface area contributed by atoms with Crippen molar-refractivity contribution in [2.45, 2.75) is 148 Å². The highest BCUT2D eigenvalue weighted by Gasteiger charge is 2.59. The minimum Gasteiger partial charge on any atom is -0.543 e. The van der Waals surface area contributed by atoms with E-state index in [1.54, 1.807) is 5.56 Å². The van der Waals surface area contributed by atoms with Crippen molar-refractivity contribution in [2.75, 3.05) is 11.9 Å². The fourth-order valence-electron chi connectivity index (χ4n) is 8.14. The molecule has 1 aromatic carbocycles. The Morgan fingerprint density at radius 1 is 1.00 bits per heavy atom. The lowest BCUT2D eigenvalue weighted by molar-refractivity contribution is -0.118. The predicted octanol–water partition coefficient (Wildman–Crippen LogP) is 10.2. The number of hydrogen-bond donors (Lipinski definition) is 1. The van der Waals surface area contributed by atoms with E-state index in [9.17, 15) is 4.79 Å². The van der Waals surface area contributed by atoms with E-state index in [0.29, 0.717) is 23.3 Å². The molecule has 0 aromatic heterocycles. The van der Waals surface area contributed by atoms with Crippen molar-refractivity contribution in [3.05, 3.63) is 29.3 Å². The lowest BCUT2D eigenvalue weighted by atomic mass is 9.51. The summed E-state index contributed by atoms with van der Waals surface area (Å²) in [6.07, 6.45) is 10.0. The van der Waals surface area contributed by atoms with Crippen LogP contribution >= 0.6 is 15.9 Å². The SMILES string of the molecule is CC(C)(C)[Si](C)(C)Oc1ccc2c(c1)CC[C@@H]1[C@@H]2[C@@H](CCCCNC(=O)CBr)C[C@]2(C)[C@@H](O[Si](C)(C)C(C)(C)C)CC[C@@H]12. The maximum atomic E-state index is 11.8. The standard InChI is InChI=1S/C36H62BrNO3Si2/c1-34(2,3)42(8,9)40-27-16-18-28-25(22-27)15-17-29-30-19-20-31(41-43(10,11)35(4,5)6)36(30,7)23-26(33(28)29)14-12-13-21-38-32(39)24-37/h16,18,22,26,29-31,33H,12-15,17,19-21,23-24H2,1-11H3,(H,38,39)/t26-,29-,30-,31-,33+,36-/m0/s1. The van der Waals surface area contributed by atoms with E-state index in [1.807, 2.05) is 0 Å². The van der Waals surface area contributed by atoms with Crippen molar-refractivity contribution in [3.8, 4) is 5.75 Å². The monoisotopic (exact) mass is 691 g/mol. The Kier molecular flexibility index (Phi) is 10.5. The van der Waals surface area contributed by atoms with E-state index in [2.05, 4.69) is 114 Å². The van der Waals surface area contributed by atoms with E-state index < -0.39 is 16.6 Å². The zero-order valence-corrected chi connectivity index (χ0v) is 32.9. The molecule has 3 aliphatic rings. The number of fused-ring (bicyclic) bond motifs is 5. The molecule has 2 fully saturated rings. The summed E-state index contributed by atoms with van der Waals surface area (Å²) >= 11 is 3.27. The molecule has 0 spiro atoms. The van der Waals surface area contributed by atoms with Crippen molar-refractivity contribution >= 4 is 38.5 Å². The molecule has 0 aliphatic heterocycles. The lowest BCUT2D eigenvalue weighted by Gasteiger charge is -2.55. The Bertz CT molecular complexity index is 1140. The number of halogens is 1. The topological polar surface area (TPSA) is 47.6 Å². The Balaban J connectivity index is 1.61. The van der Waals surface area contributed by atoms with Gasteiger partial charge in [-0.1, -0.05) is 76.9 Å². The van der Waals surface area contributed by atoms with E-state index in [4.69, 9.17) is 8.85 Å². The zero-order valence-electron chi connectivity index (χ0n) is 29.3. The second kappa shape index (κ2) is 12.9. The number of amides is 1. The van der Waals surface area contributed by atoms with Crippen LogP contribution in [0.1, 0.15) is 110 Å². The van der Waals surface area contributed by atoms with Gasteiger partial charge in [0.05, 0.1) is 11.4 Å². The molecule has 3 aliphatic carbocycles. The van der Waals surface area contributed by atoms with Gasteiger partial charge in [-0.25, -0.2) is 0 Å². The molecule has 0 heterocycles. The van der Waals surface area contributed by atoms with Crippen molar-refractivity contribution in [2.24, 2.45) is 23.2 Å². The summed E-state index contributed by atoms with van der Waals surface area (Å²) in [6.45, 7) is 27.0. The summed E-state index contributed by atoms with van der Waals surface area (Å²) in [4.78, 5) is 11.8. The molecule has 1 N–H and O–H groups in total. The normalized spacial score (nSPS) is 29.4. The fraction of sp³-hybridized carbons (Fsp3) is 0.806. The number of hydrogen-bond acceptors (Lipinski definition) is 3. The van der Waals surface area contributed by atoms with Gasteiger partial charge in [0.25, 0.3) is 0 Å². The third-order valence-electron chi connectivity index (χ3n) is 12.6.